The molecule has 1 heterocycles. The number of furan rings is 1. The van der Waals surface area contributed by atoms with Crippen LogP contribution < -0.4 is 0 Å². The first kappa shape index (κ1) is 15.6. The zero-order chi connectivity index (χ0) is 16.3. The Hall–Kier alpha value is -2.76. The molecule has 0 saturated carbocycles. The van der Waals surface area contributed by atoms with Crippen molar-refractivity contribution >= 4 is 11.9 Å². The monoisotopic (exact) mass is 304 g/mol. The van der Waals surface area contributed by atoms with E-state index < -0.39 is 11.9 Å². The molecule has 0 spiro atoms. The fourth-order valence-electron chi connectivity index (χ4n) is 1.97. The van der Waals surface area contributed by atoms with Gasteiger partial charge in [-0.05, 0) is 31.5 Å². The van der Waals surface area contributed by atoms with Gasteiger partial charge in [0.2, 0.25) is 0 Å². The van der Waals surface area contributed by atoms with E-state index in [1.807, 2.05) is 0 Å². The maximum absolute atomic E-state index is 12.0. The largest absolute Gasteiger partial charge is 0.507 e. The van der Waals surface area contributed by atoms with Crippen LogP contribution in [0, 0.1) is 13.8 Å². The minimum absolute atomic E-state index is 0.0801. The van der Waals surface area contributed by atoms with Crippen molar-refractivity contribution in [3.63, 3.8) is 0 Å². The third-order valence-corrected chi connectivity index (χ3v) is 3.18. The third kappa shape index (κ3) is 3.11. The number of carbonyl (C=O) groups excluding carboxylic acids is 2. The number of phenols is 1. The van der Waals surface area contributed by atoms with Crippen LogP contribution in [0.1, 0.15) is 37.8 Å². The second kappa shape index (κ2) is 6.34. The van der Waals surface area contributed by atoms with Gasteiger partial charge in [-0.3, -0.25) is 0 Å². The van der Waals surface area contributed by atoms with E-state index in [1.54, 1.807) is 26.0 Å². The zero-order valence-corrected chi connectivity index (χ0v) is 12.5. The topological polar surface area (TPSA) is 86.0 Å². The van der Waals surface area contributed by atoms with Gasteiger partial charge in [0.25, 0.3) is 0 Å². The van der Waals surface area contributed by atoms with Crippen LogP contribution >= 0.6 is 0 Å². The Balaban J connectivity index is 2.08. The Morgan fingerprint density at radius 2 is 1.91 bits per heavy atom. The second-order valence-electron chi connectivity index (χ2n) is 4.72. The summed E-state index contributed by atoms with van der Waals surface area (Å²) in [5.41, 5.74) is 0.944. The Kier molecular flexibility index (Phi) is 4.50. The number of hydrogen-bond donors (Lipinski definition) is 1. The van der Waals surface area contributed by atoms with E-state index in [1.165, 1.54) is 19.2 Å². The van der Waals surface area contributed by atoms with Crippen LogP contribution in [0.2, 0.25) is 0 Å². The predicted octanol–water partition coefficient (Wildman–Crippen LogP) is 2.75. The molecule has 0 unspecified atom stereocenters. The second-order valence-corrected chi connectivity index (χ2v) is 4.72. The van der Waals surface area contributed by atoms with Crippen molar-refractivity contribution in [2.75, 3.05) is 7.11 Å². The van der Waals surface area contributed by atoms with E-state index in [-0.39, 0.29) is 23.5 Å². The van der Waals surface area contributed by atoms with Gasteiger partial charge in [0.1, 0.15) is 35.0 Å². The lowest BCUT2D eigenvalue weighted by Gasteiger charge is -2.06. The van der Waals surface area contributed by atoms with E-state index in [2.05, 4.69) is 4.74 Å². The number of carbonyl (C=O) groups is 2. The minimum Gasteiger partial charge on any atom is -0.507 e. The molecule has 0 aliphatic rings. The maximum atomic E-state index is 12.0. The molecule has 6 nitrogen and oxygen atoms in total. The van der Waals surface area contributed by atoms with Crippen molar-refractivity contribution in [2.24, 2.45) is 0 Å². The summed E-state index contributed by atoms with van der Waals surface area (Å²) in [6.45, 7) is 3.15. The van der Waals surface area contributed by atoms with E-state index in [9.17, 15) is 14.7 Å². The molecule has 116 valence electrons. The van der Waals surface area contributed by atoms with Crippen LogP contribution in [-0.4, -0.2) is 24.2 Å². The highest BCUT2D eigenvalue weighted by molar-refractivity contribution is 5.93. The van der Waals surface area contributed by atoms with Crippen molar-refractivity contribution in [1.29, 1.82) is 0 Å². The van der Waals surface area contributed by atoms with E-state index in [0.717, 1.165) is 0 Å². The van der Waals surface area contributed by atoms with Crippen molar-refractivity contribution in [2.45, 2.75) is 20.5 Å². The van der Waals surface area contributed by atoms with E-state index in [4.69, 9.17) is 9.15 Å². The molecule has 0 fully saturated rings. The number of methoxy groups -OCH3 is 1. The van der Waals surface area contributed by atoms with Crippen molar-refractivity contribution < 1.29 is 28.6 Å². The van der Waals surface area contributed by atoms with E-state index >= 15 is 0 Å². The van der Waals surface area contributed by atoms with Gasteiger partial charge in [-0.2, -0.15) is 0 Å². The Morgan fingerprint density at radius 1 is 1.18 bits per heavy atom. The number of hydrogen-bond acceptors (Lipinski definition) is 6. The molecule has 6 heteroatoms. The lowest BCUT2D eigenvalue weighted by atomic mass is 10.1. The molecule has 1 aromatic heterocycles. The van der Waals surface area contributed by atoms with Crippen LogP contribution in [0.5, 0.6) is 5.75 Å². The molecular formula is C16H16O6. The maximum Gasteiger partial charge on any atom is 0.342 e. The van der Waals surface area contributed by atoms with Gasteiger partial charge in [-0.15, -0.1) is 0 Å². The molecule has 1 aromatic carbocycles. The predicted molar refractivity (Wildman–Crippen MR) is 76.7 cm³/mol. The summed E-state index contributed by atoms with van der Waals surface area (Å²) in [5, 5.41) is 9.83. The number of para-hydroxylation sites is 1. The summed E-state index contributed by atoms with van der Waals surface area (Å²) in [6.07, 6.45) is 0. The van der Waals surface area contributed by atoms with Crippen LogP contribution in [0.15, 0.2) is 28.7 Å². The number of aryl methyl sites for hydroxylation is 2. The number of phenolic OH excluding ortho intramolecular Hbond substituents is 1. The van der Waals surface area contributed by atoms with E-state index in [0.29, 0.717) is 17.1 Å². The number of rotatable bonds is 4. The first-order valence-corrected chi connectivity index (χ1v) is 6.57. The fraction of sp³-hybridized carbons (Fsp3) is 0.250. The van der Waals surface area contributed by atoms with Crippen molar-refractivity contribution in [3.05, 3.63) is 52.5 Å². The van der Waals surface area contributed by atoms with Gasteiger partial charge in [0.15, 0.2) is 0 Å². The first-order valence-electron chi connectivity index (χ1n) is 6.57. The number of esters is 2. The molecule has 0 bridgehead atoms. The summed E-state index contributed by atoms with van der Waals surface area (Å²) < 4.78 is 15.0. The van der Waals surface area contributed by atoms with Crippen LogP contribution in [0.4, 0.5) is 0 Å². The summed E-state index contributed by atoms with van der Waals surface area (Å²) in [4.78, 5) is 23.4. The Labute approximate surface area is 127 Å². The molecule has 0 aliphatic heterocycles. The lowest BCUT2D eigenvalue weighted by Crippen LogP contribution is -2.05. The first-order chi connectivity index (χ1) is 10.4. The zero-order valence-electron chi connectivity index (χ0n) is 12.5. The molecule has 0 radical (unpaired) electrons. The summed E-state index contributed by atoms with van der Waals surface area (Å²) >= 11 is 0. The fourth-order valence-corrected chi connectivity index (χ4v) is 1.97. The molecular weight excluding hydrogens is 288 g/mol. The number of aromatic hydroxyl groups is 1. The smallest absolute Gasteiger partial charge is 0.342 e. The van der Waals surface area contributed by atoms with Crippen molar-refractivity contribution in [1.82, 2.24) is 0 Å². The minimum atomic E-state index is -0.671. The molecule has 0 aliphatic carbocycles. The number of benzene rings is 1. The lowest BCUT2D eigenvalue weighted by molar-refractivity contribution is 0.0440. The van der Waals surface area contributed by atoms with Gasteiger partial charge in [0.05, 0.1) is 7.11 Å². The van der Waals surface area contributed by atoms with Crippen LogP contribution in [0.25, 0.3) is 0 Å². The Bertz CT molecular complexity index is 713. The molecule has 2 rings (SSSR count). The molecule has 0 saturated heterocycles. The highest BCUT2D eigenvalue weighted by Gasteiger charge is 2.18. The summed E-state index contributed by atoms with van der Waals surface area (Å²) in [6, 6.07) is 6.27. The molecule has 2 aromatic rings. The van der Waals surface area contributed by atoms with Crippen molar-refractivity contribution in [3.8, 4) is 5.75 Å². The average Bonchev–Trinajstić information content (AvgIpc) is 2.88. The van der Waals surface area contributed by atoms with Gasteiger partial charge in [-0.25, -0.2) is 9.59 Å². The SMILES string of the molecule is COC(=O)c1cc(COC(=O)c2cccc(C)c2O)oc1C. The van der Waals surface area contributed by atoms with Gasteiger partial charge in [0, 0.05) is 0 Å². The quantitative estimate of drug-likeness (QED) is 0.874. The molecule has 1 N–H and O–H groups in total. The molecule has 0 amide bonds. The normalized spacial score (nSPS) is 10.3. The van der Waals surface area contributed by atoms with Gasteiger partial charge >= 0.3 is 11.9 Å². The average molecular weight is 304 g/mol. The van der Waals surface area contributed by atoms with Gasteiger partial charge < -0.3 is 19.0 Å². The summed E-state index contributed by atoms with van der Waals surface area (Å²) in [7, 11) is 1.27. The highest BCUT2D eigenvalue weighted by Crippen LogP contribution is 2.23. The molecule has 22 heavy (non-hydrogen) atoms. The van der Waals surface area contributed by atoms with Crippen LogP contribution in [0.3, 0.4) is 0 Å². The summed E-state index contributed by atoms with van der Waals surface area (Å²) in [5.74, 6) is -0.599. The van der Waals surface area contributed by atoms with Gasteiger partial charge in [-0.1, -0.05) is 12.1 Å². The third-order valence-electron chi connectivity index (χ3n) is 3.18. The standard InChI is InChI=1S/C16H16O6/c1-9-5-4-6-12(14(9)17)16(19)21-8-11-7-13(10(2)22-11)15(18)20-3/h4-7,17H,8H2,1-3H3. The Morgan fingerprint density at radius 3 is 2.59 bits per heavy atom. The highest BCUT2D eigenvalue weighted by atomic mass is 16.5. The van der Waals surface area contributed by atoms with Crippen LogP contribution in [-0.2, 0) is 16.1 Å². The molecule has 0 atom stereocenters. The number of ether oxygens (including phenoxy) is 2.